The maximum atomic E-state index is 11.9. The lowest BCUT2D eigenvalue weighted by Gasteiger charge is -2.45. The zero-order chi connectivity index (χ0) is 21.2. The normalized spacial score (nSPS) is 21.2. The van der Waals surface area contributed by atoms with E-state index in [4.69, 9.17) is 14.2 Å². The van der Waals surface area contributed by atoms with Crippen molar-refractivity contribution in [3.8, 4) is 16.9 Å². The molecule has 2 aliphatic heterocycles. The van der Waals surface area contributed by atoms with Crippen molar-refractivity contribution in [1.82, 2.24) is 19.6 Å². The second kappa shape index (κ2) is 6.75. The second-order valence-electron chi connectivity index (χ2n) is 8.45. The standard InChI is InChI=1S/C22H27N5O3/c1-12-10-25(16(5)28)11-13(2)27(12)22-23-18-7-6-17(19-14(3)24-30-15(19)4)21-20(18)26(22)8-9-29-21/h6-7,12-13H,8-11H2,1-5H3. The molecule has 0 saturated carbocycles. The molecule has 4 heterocycles. The molecule has 0 spiro atoms. The van der Waals surface area contributed by atoms with Gasteiger partial charge in [-0.2, -0.15) is 0 Å². The third kappa shape index (κ3) is 2.69. The molecule has 158 valence electrons. The molecule has 3 aromatic rings. The number of hydrogen-bond acceptors (Lipinski definition) is 6. The number of aryl methyl sites for hydroxylation is 2. The van der Waals surface area contributed by atoms with Gasteiger partial charge in [0.1, 0.15) is 17.9 Å². The maximum Gasteiger partial charge on any atom is 0.219 e. The predicted molar refractivity (Wildman–Crippen MR) is 114 cm³/mol. The van der Waals surface area contributed by atoms with Gasteiger partial charge in [0.05, 0.1) is 23.3 Å². The monoisotopic (exact) mass is 409 g/mol. The first-order valence-corrected chi connectivity index (χ1v) is 10.5. The van der Waals surface area contributed by atoms with Crippen LogP contribution in [0.3, 0.4) is 0 Å². The molecule has 30 heavy (non-hydrogen) atoms. The predicted octanol–water partition coefficient (Wildman–Crippen LogP) is 3.15. The third-order valence-electron chi connectivity index (χ3n) is 6.30. The number of carbonyl (C=O) groups excluding carboxylic acids is 1. The quantitative estimate of drug-likeness (QED) is 0.647. The van der Waals surface area contributed by atoms with Gasteiger partial charge in [0, 0.05) is 37.7 Å². The Labute approximate surface area is 175 Å². The van der Waals surface area contributed by atoms with Gasteiger partial charge in [-0.25, -0.2) is 4.98 Å². The summed E-state index contributed by atoms with van der Waals surface area (Å²) in [5.74, 6) is 2.71. The van der Waals surface area contributed by atoms with Crippen molar-refractivity contribution in [3.05, 3.63) is 23.6 Å². The summed E-state index contributed by atoms with van der Waals surface area (Å²) in [4.78, 5) is 21.2. The Kier molecular flexibility index (Phi) is 4.27. The molecule has 1 aromatic carbocycles. The van der Waals surface area contributed by atoms with E-state index in [1.807, 2.05) is 18.7 Å². The van der Waals surface area contributed by atoms with Crippen molar-refractivity contribution in [2.75, 3.05) is 24.6 Å². The average Bonchev–Trinajstić information content (AvgIpc) is 3.23. The van der Waals surface area contributed by atoms with Gasteiger partial charge in [0.15, 0.2) is 5.75 Å². The van der Waals surface area contributed by atoms with Crippen LogP contribution in [0.4, 0.5) is 5.95 Å². The fourth-order valence-electron chi connectivity index (χ4n) is 5.01. The number of amides is 1. The number of nitrogens with zero attached hydrogens (tertiary/aromatic N) is 5. The van der Waals surface area contributed by atoms with E-state index >= 15 is 0 Å². The highest BCUT2D eigenvalue weighted by molar-refractivity contribution is 5.94. The highest BCUT2D eigenvalue weighted by Gasteiger charge is 2.35. The molecule has 1 amide bonds. The lowest BCUT2D eigenvalue weighted by Crippen LogP contribution is -2.58. The number of hydrogen-bond donors (Lipinski definition) is 0. The minimum atomic E-state index is 0.128. The molecule has 0 aliphatic carbocycles. The first-order valence-electron chi connectivity index (χ1n) is 10.5. The van der Waals surface area contributed by atoms with Crippen molar-refractivity contribution in [2.45, 2.75) is 53.2 Å². The van der Waals surface area contributed by atoms with Gasteiger partial charge in [-0.1, -0.05) is 5.16 Å². The van der Waals surface area contributed by atoms with Gasteiger partial charge in [-0.3, -0.25) is 4.79 Å². The summed E-state index contributed by atoms with van der Waals surface area (Å²) in [7, 11) is 0. The summed E-state index contributed by atoms with van der Waals surface area (Å²) in [5.41, 5.74) is 4.77. The molecule has 0 bridgehead atoms. The van der Waals surface area contributed by atoms with Gasteiger partial charge in [0.2, 0.25) is 11.9 Å². The van der Waals surface area contributed by atoms with Crippen LogP contribution in [-0.2, 0) is 11.3 Å². The maximum absolute atomic E-state index is 11.9. The Morgan fingerprint density at radius 1 is 1.17 bits per heavy atom. The van der Waals surface area contributed by atoms with Gasteiger partial charge in [0.25, 0.3) is 0 Å². The Morgan fingerprint density at radius 2 is 1.90 bits per heavy atom. The molecule has 2 atom stereocenters. The molecule has 2 aromatic heterocycles. The number of aromatic nitrogens is 3. The lowest BCUT2D eigenvalue weighted by molar-refractivity contribution is -0.130. The molecule has 2 unspecified atom stereocenters. The van der Waals surface area contributed by atoms with E-state index in [-0.39, 0.29) is 18.0 Å². The first kappa shape index (κ1) is 19.0. The van der Waals surface area contributed by atoms with E-state index in [0.29, 0.717) is 19.7 Å². The van der Waals surface area contributed by atoms with Gasteiger partial charge >= 0.3 is 0 Å². The van der Waals surface area contributed by atoms with Crippen LogP contribution >= 0.6 is 0 Å². The molecular weight excluding hydrogens is 382 g/mol. The number of anilines is 1. The van der Waals surface area contributed by atoms with Gasteiger partial charge < -0.3 is 23.6 Å². The van der Waals surface area contributed by atoms with Crippen LogP contribution in [0.2, 0.25) is 0 Å². The van der Waals surface area contributed by atoms with Gasteiger partial charge in [-0.15, -0.1) is 0 Å². The van der Waals surface area contributed by atoms with E-state index in [1.54, 1.807) is 6.92 Å². The SMILES string of the molecule is CC(=O)N1CC(C)N(c2nc3ccc(-c4c(C)noc4C)c4c3n2CCO4)C(C)C1. The van der Waals surface area contributed by atoms with E-state index in [9.17, 15) is 4.79 Å². The van der Waals surface area contributed by atoms with Crippen LogP contribution in [0, 0.1) is 13.8 Å². The minimum absolute atomic E-state index is 0.128. The highest BCUT2D eigenvalue weighted by atomic mass is 16.5. The zero-order valence-corrected chi connectivity index (χ0v) is 18.1. The van der Waals surface area contributed by atoms with E-state index in [0.717, 1.165) is 51.9 Å². The Morgan fingerprint density at radius 3 is 2.53 bits per heavy atom. The van der Waals surface area contributed by atoms with E-state index < -0.39 is 0 Å². The number of benzene rings is 1. The summed E-state index contributed by atoms with van der Waals surface area (Å²) in [6.45, 7) is 12.6. The second-order valence-corrected chi connectivity index (χ2v) is 8.45. The molecule has 1 fully saturated rings. The highest BCUT2D eigenvalue weighted by Crippen LogP contribution is 2.43. The summed E-state index contributed by atoms with van der Waals surface area (Å²) >= 11 is 0. The van der Waals surface area contributed by atoms with Crippen molar-refractivity contribution < 1.29 is 14.1 Å². The number of carbonyl (C=O) groups is 1. The largest absolute Gasteiger partial charge is 0.489 e. The molecule has 5 rings (SSSR count). The molecule has 8 nitrogen and oxygen atoms in total. The number of piperazine rings is 1. The lowest BCUT2D eigenvalue weighted by atomic mass is 10.0. The number of rotatable bonds is 2. The van der Waals surface area contributed by atoms with Crippen LogP contribution in [0.1, 0.15) is 32.2 Å². The summed E-state index contributed by atoms with van der Waals surface area (Å²) in [6, 6.07) is 4.46. The van der Waals surface area contributed by atoms with Crippen LogP contribution < -0.4 is 9.64 Å². The van der Waals surface area contributed by atoms with E-state index in [1.165, 1.54) is 0 Å². The van der Waals surface area contributed by atoms with Crippen LogP contribution in [-0.4, -0.2) is 57.3 Å². The van der Waals surface area contributed by atoms with Crippen molar-refractivity contribution in [2.24, 2.45) is 0 Å². The minimum Gasteiger partial charge on any atom is -0.489 e. The molecular formula is C22H27N5O3. The molecule has 2 aliphatic rings. The van der Waals surface area contributed by atoms with Crippen LogP contribution in [0.25, 0.3) is 22.2 Å². The summed E-state index contributed by atoms with van der Waals surface area (Å²) in [6.07, 6.45) is 0. The van der Waals surface area contributed by atoms with Crippen LogP contribution in [0.5, 0.6) is 5.75 Å². The van der Waals surface area contributed by atoms with Crippen molar-refractivity contribution >= 4 is 22.9 Å². The Balaban J connectivity index is 1.65. The topological polar surface area (TPSA) is 76.6 Å². The molecule has 8 heteroatoms. The third-order valence-corrected chi connectivity index (χ3v) is 6.30. The summed E-state index contributed by atoms with van der Waals surface area (Å²) < 4.78 is 13.8. The molecule has 1 saturated heterocycles. The summed E-state index contributed by atoms with van der Waals surface area (Å²) in [5, 5.41) is 4.11. The van der Waals surface area contributed by atoms with Crippen molar-refractivity contribution in [1.29, 1.82) is 0 Å². The molecule has 0 N–H and O–H groups in total. The number of ether oxygens (including phenoxy) is 1. The molecule has 0 radical (unpaired) electrons. The zero-order valence-electron chi connectivity index (χ0n) is 18.1. The van der Waals surface area contributed by atoms with Crippen molar-refractivity contribution in [3.63, 3.8) is 0 Å². The first-order chi connectivity index (χ1) is 14.4. The average molecular weight is 409 g/mol. The number of imidazole rings is 1. The van der Waals surface area contributed by atoms with Gasteiger partial charge in [-0.05, 0) is 39.8 Å². The van der Waals surface area contributed by atoms with E-state index in [2.05, 4.69) is 40.6 Å². The Hall–Kier alpha value is -3.03. The fraction of sp³-hybridized carbons (Fsp3) is 0.500. The Bertz CT molecular complexity index is 1120. The fourth-order valence-corrected chi connectivity index (χ4v) is 5.01. The van der Waals surface area contributed by atoms with Crippen LogP contribution in [0.15, 0.2) is 16.7 Å². The smallest absolute Gasteiger partial charge is 0.219 e.